The molecule has 224 valence electrons. The maximum absolute atomic E-state index is 13.5. The van der Waals surface area contributed by atoms with Crippen LogP contribution in [0.3, 0.4) is 0 Å². The van der Waals surface area contributed by atoms with Crippen molar-refractivity contribution < 1.29 is 23.1 Å². The summed E-state index contributed by atoms with van der Waals surface area (Å²) in [5.74, 6) is 1.38. The van der Waals surface area contributed by atoms with E-state index >= 15 is 0 Å². The molecule has 2 aliphatic carbocycles. The molecule has 42 heavy (non-hydrogen) atoms. The van der Waals surface area contributed by atoms with E-state index in [1.807, 2.05) is 42.5 Å². The predicted octanol–water partition coefficient (Wildman–Crippen LogP) is 5.73. The number of para-hydroxylation sites is 1. The number of sulfonamides is 1. The van der Waals surface area contributed by atoms with Gasteiger partial charge in [-0.2, -0.15) is 4.31 Å². The summed E-state index contributed by atoms with van der Waals surface area (Å²) < 4.78 is 33.2. The molecular weight excluding hydrogens is 548 g/mol. The molecule has 3 aromatic carbocycles. The summed E-state index contributed by atoms with van der Waals surface area (Å²) in [6.07, 6.45) is 8.31. The molecule has 0 heterocycles. The average molecular weight is 591 g/mol. The van der Waals surface area contributed by atoms with E-state index in [1.165, 1.54) is 23.8 Å². The molecule has 1 fully saturated rings. The molecule has 0 radical (unpaired) electrons. The Kier molecular flexibility index (Phi) is 9.98. The third kappa shape index (κ3) is 8.00. The first-order valence-electron chi connectivity index (χ1n) is 15.1. The van der Waals surface area contributed by atoms with Crippen molar-refractivity contribution in [3.05, 3.63) is 95.6 Å². The Labute approximate surface area is 250 Å². The van der Waals surface area contributed by atoms with E-state index in [1.54, 1.807) is 28.6 Å². The molecular formula is C34H42N2O5S. The Balaban J connectivity index is 1.27. The van der Waals surface area contributed by atoms with Crippen molar-refractivity contribution in [3.8, 4) is 11.5 Å². The topological polar surface area (TPSA) is 95.9 Å². The van der Waals surface area contributed by atoms with Crippen LogP contribution in [0.25, 0.3) is 0 Å². The number of nitrogens with one attached hydrogen (secondary N) is 1. The highest BCUT2D eigenvalue weighted by Gasteiger charge is 2.34. The van der Waals surface area contributed by atoms with E-state index in [4.69, 9.17) is 4.74 Å². The van der Waals surface area contributed by atoms with Gasteiger partial charge in [0.2, 0.25) is 10.0 Å². The number of carbonyl (C=O) groups excluding carboxylic acids is 1. The fraction of sp³-hybridized carbons (Fsp3) is 0.441. The van der Waals surface area contributed by atoms with Crippen LogP contribution in [-0.2, 0) is 22.9 Å². The Bertz CT molecular complexity index is 1410. The lowest BCUT2D eigenvalue weighted by Crippen LogP contribution is -2.47. The zero-order valence-electron chi connectivity index (χ0n) is 24.3. The van der Waals surface area contributed by atoms with E-state index in [0.29, 0.717) is 42.2 Å². The lowest BCUT2D eigenvalue weighted by molar-refractivity contribution is 0.0727. The van der Waals surface area contributed by atoms with E-state index in [0.717, 1.165) is 25.7 Å². The van der Waals surface area contributed by atoms with Gasteiger partial charge in [0, 0.05) is 18.2 Å². The molecule has 0 saturated heterocycles. The van der Waals surface area contributed by atoms with Gasteiger partial charge in [-0.05, 0) is 73.1 Å². The van der Waals surface area contributed by atoms with E-state index in [9.17, 15) is 18.3 Å². The van der Waals surface area contributed by atoms with Gasteiger partial charge in [-0.25, -0.2) is 8.42 Å². The lowest BCUT2D eigenvalue weighted by atomic mass is 9.83. The van der Waals surface area contributed by atoms with Gasteiger partial charge in [0.05, 0.1) is 18.4 Å². The Morgan fingerprint density at radius 1 is 0.929 bits per heavy atom. The van der Waals surface area contributed by atoms with Gasteiger partial charge in [-0.15, -0.1) is 0 Å². The minimum atomic E-state index is -3.49. The molecule has 5 rings (SSSR count). The molecule has 2 aliphatic rings. The van der Waals surface area contributed by atoms with Crippen LogP contribution in [0.4, 0.5) is 0 Å². The summed E-state index contributed by atoms with van der Waals surface area (Å²) in [5, 5.41) is 14.6. The number of rotatable bonds is 12. The summed E-state index contributed by atoms with van der Waals surface area (Å²) in [5.41, 5.74) is 2.81. The predicted molar refractivity (Wildman–Crippen MR) is 165 cm³/mol. The molecule has 1 saturated carbocycles. The van der Waals surface area contributed by atoms with Crippen molar-refractivity contribution in [2.45, 2.75) is 76.0 Å². The van der Waals surface area contributed by atoms with Crippen molar-refractivity contribution in [1.82, 2.24) is 9.62 Å². The minimum absolute atomic E-state index is 0.164. The number of hydrogen-bond donors (Lipinski definition) is 2. The third-order valence-corrected chi connectivity index (χ3v) is 10.0. The summed E-state index contributed by atoms with van der Waals surface area (Å²) in [7, 11) is -3.49. The van der Waals surface area contributed by atoms with Crippen LogP contribution in [0.15, 0.2) is 78.9 Å². The standard InChI is InChI=1S/C34H42N2O5S/c1-42(39,40)36(29-22-26-13-8-9-14-27(26)23-29)20-19-33(37)32(21-25-11-4-2-5-12-25)35-34(38)28-15-10-18-31(24-28)41-30-16-6-3-7-17-30/h3,6-10,13-18,24-25,29,32-33,37H,2,4-5,11-12,19-23H2,1H3,(H,35,38)/t32-,33?/m0/s1. The number of fused-ring (bicyclic) bond motifs is 1. The molecule has 7 nitrogen and oxygen atoms in total. The highest BCUT2D eigenvalue weighted by atomic mass is 32.2. The molecule has 0 spiro atoms. The summed E-state index contributed by atoms with van der Waals surface area (Å²) in [6, 6.07) is 23.9. The Morgan fingerprint density at radius 3 is 2.24 bits per heavy atom. The first-order chi connectivity index (χ1) is 20.3. The van der Waals surface area contributed by atoms with E-state index in [-0.39, 0.29) is 24.9 Å². The van der Waals surface area contributed by atoms with Crippen LogP contribution in [-0.4, -0.2) is 54.7 Å². The molecule has 2 atom stereocenters. The Morgan fingerprint density at radius 2 is 1.57 bits per heavy atom. The molecule has 3 aromatic rings. The second-order valence-electron chi connectivity index (χ2n) is 11.8. The molecule has 0 aromatic heterocycles. The van der Waals surface area contributed by atoms with Gasteiger partial charge in [0.1, 0.15) is 11.5 Å². The highest BCUT2D eigenvalue weighted by Crippen LogP contribution is 2.30. The number of nitrogens with zero attached hydrogens (tertiary/aromatic N) is 1. The van der Waals surface area contributed by atoms with Gasteiger partial charge >= 0.3 is 0 Å². The number of aliphatic hydroxyl groups excluding tert-OH is 1. The maximum atomic E-state index is 13.5. The monoisotopic (exact) mass is 590 g/mol. The van der Waals surface area contributed by atoms with Crippen molar-refractivity contribution in [2.24, 2.45) is 5.92 Å². The van der Waals surface area contributed by atoms with E-state index in [2.05, 4.69) is 17.4 Å². The van der Waals surface area contributed by atoms with Gasteiger partial charge in [0.15, 0.2) is 0 Å². The number of amides is 1. The van der Waals surface area contributed by atoms with Crippen LogP contribution in [0.2, 0.25) is 0 Å². The van der Waals surface area contributed by atoms with Crippen LogP contribution >= 0.6 is 0 Å². The van der Waals surface area contributed by atoms with Crippen LogP contribution in [0.1, 0.15) is 66.4 Å². The third-order valence-electron chi connectivity index (χ3n) is 8.68. The van der Waals surface area contributed by atoms with Crippen LogP contribution in [0.5, 0.6) is 11.5 Å². The average Bonchev–Trinajstić information content (AvgIpc) is 3.41. The van der Waals surface area contributed by atoms with Gasteiger partial charge in [0.25, 0.3) is 5.91 Å². The summed E-state index contributed by atoms with van der Waals surface area (Å²) in [4.78, 5) is 13.5. The van der Waals surface area contributed by atoms with Gasteiger partial charge in [-0.1, -0.05) is 80.6 Å². The van der Waals surface area contributed by atoms with Crippen molar-refractivity contribution in [3.63, 3.8) is 0 Å². The number of hydrogen-bond acceptors (Lipinski definition) is 5. The molecule has 0 aliphatic heterocycles. The number of ether oxygens (including phenoxy) is 1. The second kappa shape index (κ2) is 13.8. The van der Waals surface area contributed by atoms with Crippen LogP contribution in [0, 0.1) is 5.92 Å². The number of benzene rings is 3. The van der Waals surface area contributed by atoms with E-state index < -0.39 is 22.2 Å². The highest BCUT2D eigenvalue weighted by molar-refractivity contribution is 7.88. The van der Waals surface area contributed by atoms with Crippen LogP contribution < -0.4 is 10.1 Å². The molecule has 0 bridgehead atoms. The molecule has 1 amide bonds. The quantitative estimate of drug-likeness (QED) is 0.281. The zero-order chi connectivity index (χ0) is 29.5. The first kappa shape index (κ1) is 30.3. The minimum Gasteiger partial charge on any atom is -0.457 e. The largest absolute Gasteiger partial charge is 0.457 e. The zero-order valence-corrected chi connectivity index (χ0v) is 25.1. The second-order valence-corrected chi connectivity index (χ2v) is 13.8. The van der Waals surface area contributed by atoms with Crippen molar-refractivity contribution in [1.29, 1.82) is 0 Å². The fourth-order valence-electron chi connectivity index (χ4n) is 6.49. The van der Waals surface area contributed by atoms with Crippen molar-refractivity contribution >= 4 is 15.9 Å². The maximum Gasteiger partial charge on any atom is 0.251 e. The normalized spacial score (nSPS) is 17.5. The number of carbonyl (C=O) groups is 1. The summed E-state index contributed by atoms with van der Waals surface area (Å²) >= 11 is 0. The Hall–Kier alpha value is -3.20. The SMILES string of the molecule is CS(=O)(=O)N(CCC(O)[C@H](CC1CCCCC1)NC(=O)c1cccc(Oc2ccccc2)c1)C1Cc2ccccc2C1. The summed E-state index contributed by atoms with van der Waals surface area (Å²) in [6.45, 7) is 0.204. The number of aliphatic hydroxyl groups is 1. The van der Waals surface area contributed by atoms with Crippen molar-refractivity contribution in [2.75, 3.05) is 12.8 Å². The smallest absolute Gasteiger partial charge is 0.251 e. The molecule has 8 heteroatoms. The molecule has 1 unspecified atom stereocenters. The fourth-order valence-corrected chi connectivity index (χ4v) is 7.62. The lowest BCUT2D eigenvalue weighted by Gasteiger charge is -2.32. The first-order valence-corrected chi connectivity index (χ1v) is 17.0. The van der Waals surface area contributed by atoms with Gasteiger partial charge in [-0.3, -0.25) is 4.79 Å². The molecule has 2 N–H and O–H groups in total. The van der Waals surface area contributed by atoms with Gasteiger partial charge < -0.3 is 15.2 Å².